The van der Waals surface area contributed by atoms with Gasteiger partial charge in [-0.25, -0.2) is 4.98 Å². The smallest absolute Gasteiger partial charge is 0.137 e. The van der Waals surface area contributed by atoms with E-state index in [9.17, 15) is 0 Å². The molecule has 5 heteroatoms. The first-order chi connectivity index (χ1) is 8.75. The van der Waals surface area contributed by atoms with E-state index in [0.29, 0.717) is 5.02 Å². The summed E-state index contributed by atoms with van der Waals surface area (Å²) < 4.78 is 1.91. The van der Waals surface area contributed by atoms with Crippen LogP contribution in [0.25, 0.3) is 5.65 Å². The Labute approximate surface area is 109 Å². The minimum atomic E-state index is -0.249. The molecule has 0 aliphatic heterocycles. The molecule has 3 heterocycles. The summed E-state index contributed by atoms with van der Waals surface area (Å²) in [4.78, 5) is 8.30. The molecular weight excluding hydrogens is 248 g/mol. The highest BCUT2D eigenvalue weighted by Gasteiger charge is 2.13. The standard InChI is InChI=1S/C13H11ClN4/c14-10-1-2-12-17-7-11(18(12)8-10)13(15)9-3-5-16-6-4-9/h1-8,13H,15H2. The minimum Gasteiger partial charge on any atom is -0.319 e. The van der Waals surface area contributed by atoms with Crippen molar-refractivity contribution in [2.24, 2.45) is 5.73 Å². The van der Waals surface area contributed by atoms with Gasteiger partial charge in [0.25, 0.3) is 0 Å². The van der Waals surface area contributed by atoms with E-state index in [4.69, 9.17) is 17.3 Å². The van der Waals surface area contributed by atoms with E-state index in [0.717, 1.165) is 16.9 Å². The molecule has 0 aliphatic rings. The third-order valence-corrected chi connectivity index (χ3v) is 3.11. The second-order valence-electron chi connectivity index (χ2n) is 4.02. The van der Waals surface area contributed by atoms with Gasteiger partial charge in [-0.1, -0.05) is 11.6 Å². The normalized spacial score (nSPS) is 12.8. The lowest BCUT2D eigenvalue weighted by molar-refractivity contribution is 0.812. The highest BCUT2D eigenvalue weighted by molar-refractivity contribution is 6.30. The van der Waals surface area contributed by atoms with Gasteiger partial charge in [-0.3, -0.25) is 4.98 Å². The molecule has 18 heavy (non-hydrogen) atoms. The molecule has 0 bridgehead atoms. The SMILES string of the molecule is NC(c1ccncc1)c1cnc2ccc(Cl)cn12. The van der Waals surface area contributed by atoms with Crippen molar-refractivity contribution in [1.29, 1.82) is 0 Å². The quantitative estimate of drug-likeness (QED) is 0.768. The van der Waals surface area contributed by atoms with Gasteiger partial charge in [0.05, 0.1) is 23.0 Å². The molecule has 0 radical (unpaired) electrons. The van der Waals surface area contributed by atoms with E-state index in [1.54, 1.807) is 18.6 Å². The van der Waals surface area contributed by atoms with E-state index in [-0.39, 0.29) is 6.04 Å². The zero-order valence-corrected chi connectivity index (χ0v) is 10.2. The van der Waals surface area contributed by atoms with Gasteiger partial charge >= 0.3 is 0 Å². The van der Waals surface area contributed by atoms with Crippen LogP contribution in [0.15, 0.2) is 49.1 Å². The van der Waals surface area contributed by atoms with Crippen molar-refractivity contribution in [3.8, 4) is 0 Å². The van der Waals surface area contributed by atoms with Crippen LogP contribution in [0.5, 0.6) is 0 Å². The highest BCUT2D eigenvalue weighted by Crippen LogP contribution is 2.21. The van der Waals surface area contributed by atoms with Crippen molar-refractivity contribution >= 4 is 17.2 Å². The zero-order valence-electron chi connectivity index (χ0n) is 9.49. The van der Waals surface area contributed by atoms with Crippen LogP contribution in [0.1, 0.15) is 17.3 Å². The number of fused-ring (bicyclic) bond motifs is 1. The van der Waals surface area contributed by atoms with Crippen molar-refractivity contribution in [2.45, 2.75) is 6.04 Å². The second kappa shape index (κ2) is 4.40. The van der Waals surface area contributed by atoms with Crippen LogP contribution >= 0.6 is 11.6 Å². The van der Waals surface area contributed by atoms with Gasteiger partial charge in [-0.2, -0.15) is 0 Å². The molecule has 0 spiro atoms. The summed E-state index contributed by atoms with van der Waals surface area (Å²) in [5, 5.41) is 0.656. The van der Waals surface area contributed by atoms with Crippen molar-refractivity contribution in [3.05, 3.63) is 65.3 Å². The number of nitrogens with zero attached hydrogens (tertiary/aromatic N) is 3. The third-order valence-electron chi connectivity index (χ3n) is 2.88. The van der Waals surface area contributed by atoms with E-state index in [1.807, 2.05) is 34.9 Å². The Hall–Kier alpha value is -1.91. The Bertz CT molecular complexity index is 678. The van der Waals surface area contributed by atoms with Crippen LogP contribution in [0.2, 0.25) is 5.02 Å². The van der Waals surface area contributed by atoms with Crippen LogP contribution in [-0.4, -0.2) is 14.4 Å². The summed E-state index contributed by atoms with van der Waals surface area (Å²) in [6.45, 7) is 0. The number of rotatable bonds is 2. The molecule has 0 aliphatic carbocycles. The minimum absolute atomic E-state index is 0.249. The monoisotopic (exact) mass is 258 g/mol. The largest absolute Gasteiger partial charge is 0.319 e. The maximum Gasteiger partial charge on any atom is 0.137 e. The third kappa shape index (κ3) is 1.85. The molecule has 0 aromatic carbocycles. The molecule has 2 N–H and O–H groups in total. The van der Waals surface area contributed by atoms with Crippen molar-refractivity contribution in [1.82, 2.24) is 14.4 Å². The Kier molecular flexibility index (Phi) is 2.74. The molecule has 1 atom stereocenters. The summed E-state index contributed by atoms with van der Waals surface area (Å²) >= 11 is 6.00. The Balaban J connectivity index is 2.12. The average molecular weight is 259 g/mol. The first-order valence-corrected chi connectivity index (χ1v) is 5.91. The van der Waals surface area contributed by atoms with Crippen molar-refractivity contribution < 1.29 is 0 Å². The molecule has 0 saturated heterocycles. The van der Waals surface area contributed by atoms with E-state index in [1.165, 1.54) is 0 Å². The molecule has 0 saturated carbocycles. The van der Waals surface area contributed by atoms with Gasteiger partial charge < -0.3 is 10.1 Å². The first kappa shape index (κ1) is 11.2. The molecule has 90 valence electrons. The second-order valence-corrected chi connectivity index (χ2v) is 4.45. The molecular formula is C13H11ClN4. The number of nitrogens with two attached hydrogens (primary N) is 1. The predicted molar refractivity (Wildman–Crippen MR) is 70.5 cm³/mol. The number of hydrogen-bond donors (Lipinski definition) is 1. The van der Waals surface area contributed by atoms with Crippen LogP contribution in [0.3, 0.4) is 0 Å². The van der Waals surface area contributed by atoms with E-state index < -0.39 is 0 Å². The fraction of sp³-hybridized carbons (Fsp3) is 0.0769. The summed E-state index contributed by atoms with van der Waals surface area (Å²) in [5.41, 5.74) is 8.97. The molecule has 3 aromatic rings. The molecule has 0 fully saturated rings. The van der Waals surface area contributed by atoms with Gasteiger partial charge in [0.1, 0.15) is 5.65 Å². The zero-order chi connectivity index (χ0) is 12.5. The lowest BCUT2D eigenvalue weighted by atomic mass is 10.1. The van der Waals surface area contributed by atoms with Gasteiger partial charge in [0.2, 0.25) is 0 Å². The summed E-state index contributed by atoms with van der Waals surface area (Å²) in [6, 6.07) is 7.22. The number of pyridine rings is 2. The maximum atomic E-state index is 6.25. The van der Waals surface area contributed by atoms with E-state index >= 15 is 0 Å². The molecule has 3 rings (SSSR count). The Morgan fingerprint density at radius 3 is 2.72 bits per heavy atom. The topological polar surface area (TPSA) is 56.2 Å². The van der Waals surface area contributed by atoms with Crippen molar-refractivity contribution in [2.75, 3.05) is 0 Å². The summed E-state index contributed by atoms with van der Waals surface area (Å²) in [7, 11) is 0. The van der Waals surface area contributed by atoms with Crippen molar-refractivity contribution in [3.63, 3.8) is 0 Å². The van der Waals surface area contributed by atoms with Crippen LogP contribution in [0, 0.1) is 0 Å². The van der Waals surface area contributed by atoms with Gasteiger partial charge in [0, 0.05) is 18.6 Å². The average Bonchev–Trinajstić information content (AvgIpc) is 2.82. The van der Waals surface area contributed by atoms with Gasteiger partial charge in [-0.15, -0.1) is 0 Å². The number of halogens is 1. The lowest BCUT2D eigenvalue weighted by Gasteiger charge is -2.11. The first-order valence-electron chi connectivity index (χ1n) is 5.54. The Morgan fingerprint density at radius 2 is 1.94 bits per heavy atom. The van der Waals surface area contributed by atoms with Crippen LogP contribution in [-0.2, 0) is 0 Å². The number of hydrogen-bond acceptors (Lipinski definition) is 3. The molecule has 1 unspecified atom stereocenters. The van der Waals surface area contributed by atoms with Crippen LogP contribution < -0.4 is 5.73 Å². The lowest BCUT2D eigenvalue weighted by Crippen LogP contribution is -2.14. The van der Waals surface area contributed by atoms with Gasteiger partial charge in [0.15, 0.2) is 0 Å². The summed E-state index contributed by atoms with van der Waals surface area (Å²) in [6.07, 6.45) is 7.05. The highest BCUT2D eigenvalue weighted by atomic mass is 35.5. The molecule has 4 nitrogen and oxygen atoms in total. The predicted octanol–water partition coefficient (Wildman–Crippen LogP) is 2.43. The fourth-order valence-corrected chi connectivity index (χ4v) is 2.11. The summed E-state index contributed by atoms with van der Waals surface area (Å²) in [5.74, 6) is 0. The number of aromatic nitrogens is 3. The van der Waals surface area contributed by atoms with E-state index in [2.05, 4.69) is 9.97 Å². The number of imidazole rings is 1. The molecule has 3 aromatic heterocycles. The Morgan fingerprint density at radius 1 is 1.17 bits per heavy atom. The maximum absolute atomic E-state index is 6.25. The van der Waals surface area contributed by atoms with Gasteiger partial charge in [-0.05, 0) is 29.8 Å². The fourth-order valence-electron chi connectivity index (χ4n) is 1.95. The molecule has 0 amide bonds. The van der Waals surface area contributed by atoms with Crippen LogP contribution in [0.4, 0.5) is 0 Å².